The number of rotatable bonds is 3. The maximum atomic E-state index is 12.6. The zero-order chi connectivity index (χ0) is 17.4. The van der Waals surface area contributed by atoms with Crippen molar-refractivity contribution < 1.29 is 4.74 Å². The Morgan fingerprint density at radius 1 is 1.20 bits per heavy atom. The van der Waals surface area contributed by atoms with Gasteiger partial charge in [0.1, 0.15) is 5.75 Å². The quantitative estimate of drug-likeness (QED) is 0.517. The molecular formula is C18H12BrN3O2S. The summed E-state index contributed by atoms with van der Waals surface area (Å²) in [6, 6.07) is 15.3. The van der Waals surface area contributed by atoms with E-state index in [2.05, 4.69) is 26.0 Å². The van der Waals surface area contributed by atoms with Crippen molar-refractivity contribution in [3.63, 3.8) is 0 Å². The minimum Gasteiger partial charge on any atom is -0.496 e. The molecule has 25 heavy (non-hydrogen) atoms. The Bertz CT molecular complexity index is 1170. The molecule has 4 rings (SSSR count). The van der Waals surface area contributed by atoms with Crippen molar-refractivity contribution in [3.8, 4) is 17.1 Å². The average Bonchev–Trinajstić information content (AvgIpc) is 3.16. The van der Waals surface area contributed by atoms with E-state index in [1.165, 1.54) is 15.9 Å². The third-order valence-corrected chi connectivity index (χ3v) is 5.14. The third kappa shape index (κ3) is 2.96. The van der Waals surface area contributed by atoms with Crippen LogP contribution in [0.2, 0.25) is 0 Å². The van der Waals surface area contributed by atoms with Gasteiger partial charge in [-0.3, -0.25) is 4.79 Å². The molecule has 0 spiro atoms. The average molecular weight is 414 g/mol. The van der Waals surface area contributed by atoms with E-state index in [1.54, 1.807) is 13.2 Å². The molecule has 5 nitrogen and oxygen atoms in total. The third-order valence-electron chi connectivity index (χ3n) is 3.69. The number of hydrogen-bond donors (Lipinski definition) is 0. The number of aromatic nitrogens is 3. The van der Waals surface area contributed by atoms with E-state index in [-0.39, 0.29) is 5.56 Å². The van der Waals surface area contributed by atoms with Gasteiger partial charge >= 0.3 is 0 Å². The second-order valence-electron chi connectivity index (χ2n) is 5.30. The topological polar surface area (TPSA) is 56.5 Å². The largest absolute Gasteiger partial charge is 0.496 e. The smallest absolute Gasteiger partial charge is 0.291 e. The van der Waals surface area contributed by atoms with Crippen molar-refractivity contribution in [2.75, 3.05) is 7.11 Å². The molecule has 2 heterocycles. The first kappa shape index (κ1) is 16.0. The zero-order valence-electron chi connectivity index (χ0n) is 13.1. The number of thiazole rings is 1. The van der Waals surface area contributed by atoms with E-state index in [0.29, 0.717) is 21.1 Å². The Morgan fingerprint density at radius 2 is 2.00 bits per heavy atom. The molecule has 0 aliphatic carbocycles. The van der Waals surface area contributed by atoms with Gasteiger partial charge in [-0.05, 0) is 24.3 Å². The highest BCUT2D eigenvalue weighted by Gasteiger charge is 2.12. The summed E-state index contributed by atoms with van der Waals surface area (Å²) < 4.78 is 8.18. The van der Waals surface area contributed by atoms with Gasteiger partial charge in [0, 0.05) is 15.6 Å². The van der Waals surface area contributed by atoms with Crippen LogP contribution in [0.3, 0.4) is 0 Å². The number of fused-ring (bicyclic) bond motifs is 1. The standard InChI is InChI=1S/C18H12BrN3O2S/c1-24-14-8-7-13(19)9-12(14)10-15-17(23)22-18(25-15)20-16(21-22)11-5-3-2-4-6-11/h2-10H,1H3. The Morgan fingerprint density at radius 3 is 2.72 bits per heavy atom. The van der Waals surface area contributed by atoms with Crippen LogP contribution in [0.5, 0.6) is 5.75 Å². The van der Waals surface area contributed by atoms with Gasteiger partial charge in [0.2, 0.25) is 4.96 Å². The molecule has 2 aromatic heterocycles. The molecule has 0 aliphatic rings. The molecular weight excluding hydrogens is 402 g/mol. The predicted octanol–water partition coefficient (Wildman–Crippen LogP) is 3.14. The highest BCUT2D eigenvalue weighted by molar-refractivity contribution is 9.10. The molecule has 0 fully saturated rings. The number of halogens is 1. The van der Waals surface area contributed by atoms with E-state index in [1.807, 2.05) is 48.5 Å². The van der Waals surface area contributed by atoms with Gasteiger partial charge in [-0.1, -0.05) is 57.6 Å². The van der Waals surface area contributed by atoms with E-state index in [9.17, 15) is 4.79 Å². The monoisotopic (exact) mass is 413 g/mol. The molecule has 0 bridgehead atoms. The second kappa shape index (κ2) is 6.42. The Hall–Kier alpha value is -2.51. The number of benzene rings is 2. The van der Waals surface area contributed by atoms with Gasteiger partial charge in [-0.2, -0.15) is 9.50 Å². The summed E-state index contributed by atoms with van der Waals surface area (Å²) in [5.74, 6) is 1.25. The van der Waals surface area contributed by atoms with Crippen molar-refractivity contribution in [1.29, 1.82) is 0 Å². The van der Waals surface area contributed by atoms with Crippen molar-refractivity contribution >= 4 is 38.3 Å². The van der Waals surface area contributed by atoms with Crippen molar-refractivity contribution in [1.82, 2.24) is 14.6 Å². The molecule has 0 N–H and O–H groups in total. The molecule has 4 aromatic rings. The number of nitrogens with zero attached hydrogens (tertiary/aromatic N) is 3. The SMILES string of the molecule is COc1ccc(Br)cc1C=c1sc2nc(-c3ccccc3)nn2c1=O. The van der Waals surface area contributed by atoms with Crippen LogP contribution in [-0.4, -0.2) is 21.7 Å². The number of methoxy groups -OCH3 is 1. The summed E-state index contributed by atoms with van der Waals surface area (Å²) in [5.41, 5.74) is 1.52. The summed E-state index contributed by atoms with van der Waals surface area (Å²) in [6.45, 7) is 0. The van der Waals surface area contributed by atoms with Crippen molar-refractivity contribution in [2.45, 2.75) is 0 Å². The summed E-state index contributed by atoms with van der Waals surface area (Å²) in [4.78, 5) is 17.7. The maximum absolute atomic E-state index is 12.6. The van der Waals surface area contributed by atoms with Crippen LogP contribution in [-0.2, 0) is 0 Å². The Balaban J connectivity index is 1.85. The lowest BCUT2D eigenvalue weighted by Gasteiger charge is -2.04. The molecule has 0 saturated heterocycles. The fraction of sp³-hybridized carbons (Fsp3) is 0.0556. The molecule has 7 heteroatoms. The van der Waals surface area contributed by atoms with Gasteiger partial charge in [0.25, 0.3) is 5.56 Å². The second-order valence-corrected chi connectivity index (χ2v) is 7.22. The molecule has 2 aromatic carbocycles. The number of hydrogen-bond acceptors (Lipinski definition) is 5. The van der Waals surface area contributed by atoms with Crippen molar-refractivity contribution in [3.05, 3.63) is 73.5 Å². The molecule has 0 unspecified atom stereocenters. The minimum atomic E-state index is -0.184. The molecule has 0 atom stereocenters. The summed E-state index contributed by atoms with van der Waals surface area (Å²) in [7, 11) is 1.60. The van der Waals surface area contributed by atoms with E-state index in [4.69, 9.17) is 4.74 Å². The van der Waals surface area contributed by atoms with Crippen LogP contribution in [0.25, 0.3) is 22.4 Å². The first-order valence-corrected chi connectivity index (χ1v) is 9.07. The fourth-order valence-corrected chi connectivity index (χ4v) is 3.78. The molecule has 0 amide bonds. The highest BCUT2D eigenvalue weighted by Crippen LogP contribution is 2.23. The predicted molar refractivity (Wildman–Crippen MR) is 102 cm³/mol. The van der Waals surface area contributed by atoms with Crippen LogP contribution < -0.4 is 14.8 Å². The van der Waals surface area contributed by atoms with Crippen molar-refractivity contribution in [2.24, 2.45) is 0 Å². The van der Waals surface area contributed by atoms with Crippen LogP contribution in [0.1, 0.15) is 5.56 Å². The van der Waals surface area contributed by atoms with Gasteiger partial charge in [-0.25, -0.2) is 0 Å². The summed E-state index contributed by atoms with van der Waals surface area (Å²) in [5, 5.41) is 4.35. The zero-order valence-corrected chi connectivity index (χ0v) is 15.5. The van der Waals surface area contributed by atoms with Gasteiger partial charge in [0.05, 0.1) is 11.6 Å². The normalized spacial score (nSPS) is 12.0. The van der Waals surface area contributed by atoms with Crippen LogP contribution in [0.4, 0.5) is 0 Å². The molecule has 0 saturated carbocycles. The Labute approximate surface area is 155 Å². The lowest BCUT2D eigenvalue weighted by molar-refractivity contribution is 0.414. The summed E-state index contributed by atoms with van der Waals surface area (Å²) >= 11 is 4.75. The van der Waals surface area contributed by atoms with Crippen LogP contribution in [0, 0.1) is 0 Å². The van der Waals surface area contributed by atoms with Crippen LogP contribution >= 0.6 is 27.3 Å². The number of ether oxygens (including phenoxy) is 1. The van der Waals surface area contributed by atoms with Gasteiger partial charge in [-0.15, -0.1) is 5.10 Å². The van der Waals surface area contributed by atoms with E-state index >= 15 is 0 Å². The highest BCUT2D eigenvalue weighted by atomic mass is 79.9. The lowest BCUT2D eigenvalue weighted by Crippen LogP contribution is -2.23. The summed E-state index contributed by atoms with van der Waals surface area (Å²) in [6.07, 6.45) is 1.80. The van der Waals surface area contributed by atoms with E-state index in [0.717, 1.165) is 15.6 Å². The minimum absolute atomic E-state index is 0.184. The van der Waals surface area contributed by atoms with Crippen LogP contribution in [0.15, 0.2) is 57.8 Å². The maximum Gasteiger partial charge on any atom is 0.291 e. The fourth-order valence-electron chi connectivity index (χ4n) is 2.50. The molecule has 124 valence electrons. The Kier molecular flexibility index (Phi) is 4.10. The molecule has 0 aliphatic heterocycles. The van der Waals surface area contributed by atoms with Gasteiger partial charge < -0.3 is 4.74 Å². The first-order chi connectivity index (χ1) is 12.2. The lowest BCUT2D eigenvalue weighted by atomic mass is 10.2. The first-order valence-electron chi connectivity index (χ1n) is 7.46. The van der Waals surface area contributed by atoms with E-state index < -0.39 is 0 Å². The molecule has 0 radical (unpaired) electrons. The van der Waals surface area contributed by atoms with Gasteiger partial charge in [0.15, 0.2) is 5.82 Å².